The first-order valence-corrected chi connectivity index (χ1v) is 8.94. The first-order chi connectivity index (χ1) is 9.73. The van der Waals surface area contributed by atoms with Gasteiger partial charge in [0.25, 0.3) is 0 Å². The maximum atomic E-state index is 12.6. The fourth-order valence-corrected chi connectivity index (χ4v) is 3.37. The number of hydrogen-bond acceptors (Lipinski definition) is 4. The van der Waals surface area contributed by atoms with E-state index in [0.717, 1.165) is 17.4 Å². The number of amides is 1. The van der Waals surface area contributed by atoms with Crippen LogP contribution in [0.5, 0.6) is 0 Å². The minimum atomic E-state index is -3.75. The Balaban J connectivity index is 0.00000441. The third-order valence-corrected chi connectivity index (χ3v) is 6.18. The average Bonchev–Trinajstić information content (AvgIpc) is 2.43. The van der Waals surface area contributed by atoms with Crippen LogP contribution in [0.25, 0.3) is 0 Å². The van der Waals surface area contributed by atoms with Gasteiger partial charge in [0.2, 0.25) is 5.91 Å². The molecule has 0 saturated heterocycles. The molecule has 0 radical (unpaired) electrons. The summed E-state index contributed by atoms with van der Waals surface area (Å²) in [5.41, 5.74) is 0. The molecule has 0 bridgehead atoms. The lowest BCUT2D eigenvalue weighted by molar-refractivity contribution is -0.122. The minimum absolute atomic E-state index is 0. The molecule has 1 amide bonds. The van der Waals surface area contributed by atoms with E-state index in [0.29, 0.717) is 6.54 Å². The van der Waals surface area contributed by atoms with Gasteiger partial charge in [-0.05, 0) is 58.1 Å². The Morgan fingerprint density at radius 1 is 1.18 bits per heavy atom. The van der Waals surface area contributed by atoms with Gasteiger partial charge in [-0.25, -0.2) is 8.42 Å². The molecule has 0 aromatic heterocycles. The molecule has 2 N–H and O–H groups in total. The molecular weight excluding hydrogens is 392 g/mol. The first-order valence-electron chi connectivity index (χ1n) is 6.66. The van der Waals surface area contributed by atoms with E-state index in [1.165, 1.54) is 26.0 Å². The van der Waals surface area contributed by atoms with Crippen molar-refractivity contribution in [3.8, 4) is 0 Å². The van der Waals surface area contributed by atoms with Crippen molar-refractivity contribution < 1.29 is 13.2 Å². The van der Waals surface area contributed by atoms with Crippen LogP contribution in [-0.2, 0) is 14.6 Å². The summed E-state index contributed by atoms with van der Waals surface area (Å²) in [6.45, 7) is 4.06. The lowest BCUT2D eigenvalue weighted by atomic mass is 10.2. The summed E-state index contributed by atoms with van der Waals surface area (Å²) in [7, 11) is -1.92. The molecule has 5 nitrogen and oxygen atoms in total. The molecule has 1 aromatic rings. The fraction of sp³-hybridized carbons (Fsp3) is 0.500. The Bertz CT molecular complexity index is 589. The number of sulfone groups is 1. The summed E-state index contributed by atoms with van der Waals surface area (Å²) < 4.78 is 24.5. The van der Waals surface area contributed by atoms with E-state index in [1.807, 2.05) is 7.05 Å². The molecule has 1 rings (SSSR count). The fourth-order valence-electron chi connectivity index (χ4n) is 1.71. The largest absolute Gasteiger partial charge is 0.355 e. The van der Waals surface area contributed by atoms with E-state index in [9.17, 15) is 13.2 Å². The highest BCUT2D eigenvalue weighted by Gasteiger charge is 2.42. The van der Waals surface area contributed by atoms with Gasteiger partial charge in [0.05, 0.1) is 4.90 Å². The van der Waals surface area contributed by atoms with Gasteiger partial charge in [-0.2, -0.15) is 0 Å². The quantitative estimate of drug-likeness (QED) is 0.672. The smallest absolute Gasteiger partial charge is 0.241 e. The molecule has 0 fully saturated rings. The van der Waals surface area contributed by atoms with Crippen LogP contribution in [0.1, 0.15) is 20.3 Å². The van der Waals surface area contributed by atoms with E-state index in [2.05, 4.69) is 26.6 Å². The molecule has 1 aromatic carbocycles. The van der Waals surface area contributed by atoms with Gasteiger partial charge < -0.3 is 10.6 Å². The Labute approximate surface area is 146 Å². The zero-order valence-electron chi connectivity index (χ0n) is 12.8. The van der Waals surface area contributed by atoms with Gasteiger partial charge >= 0.3 is 0 Å². The van der Waals surface area contributed by atoms with Crippen molar-refractivity contribution in [1.29, 1.82) is 0 Å². The second kappa shape index (κ2) is 8.86. The van der Waals surface area contributed by atoms with Crippen molar-refractivity contribution in [2.45, 2.75) is 29.9 Å². The molecule has 0 heterocycles. The van der Waals surface area contributed by atoms with E-state index in [4.69, 9.17) is 0 Å². The maximum absolute atomic E-state index is 12.6. The van der Waals surface area contributed by atoms with Gasteiger partial charge in [0, 0.05) is 11.0 Å². The molecule has 0 aliphatic heterocycles. The summed E-state index contributed by atoms with van der Waals surface area (Å²) in [6.07, 6.45) is 0.747. The molecule has 126 valence electrons. The predicted molar refractivity (Wildman–Crippen MR) is 94.2 cm³/mol. The van der Waals surface area contributed by atoms with Crippen LogP contribution in [0.15, 0.2) is 33.6 Å². The van der Waals surface area contributed by atoms with Crippen LogP contribution >= 0.6 is 28.3 Å². The summed E-state index contributed by atoms with van der Waals surface area (Å²) in [5, 5.41) is 5.65. The van der Waals surface area contributed by atoms with Gasteiger partial charge in [-0.15, -0.1) is 12.4 Å². The highest BCUT2D eigenvalue weighted by Crippen LogP contribution is 2.26. The third-order valence-electron chi connectivity index (χ3n) is 3.23. The Morgan fingerprint density at radius 2 is 1.73 bits per heavy atom. The van der Waals surface area contributed by atoms with E-state index >= 15 is 0 Å². The Hall–Kier alpha value is -0.630. The third kappa shape index (κ3) is 4.94. The van der Waals surface area contributed by atoms with Crippen molar-refractivity contribution in [3.05, 3.63) is 28.7 Å². The topological polar surface area (TPSA) is 75.3 Å². The Morgan fingerprint density at radius 3 is 2.23 bits per heavy atom. The van der Waals surface area contributed by atoms with Crippen LogP contribution in [-0.4, -0.2) is 39.2 Å². The minimum Gasteiger partial charge on any atom is -0.355 e. The summed E-state index contributed by atoms with van der Waals surface area (Å²) >= 11 is 3.26. The number of hydrogen-bond donors (Lipinski definition) is 2. The summed E-state index contributed by atoms with van der Waals surface area (Å²) in [6, 6.07) is 6.28. The van der Waals surface area contributed by atoms with Crippen LogP contribution in [0.3, 0.4) is 0 Å². The van der Waals surface area contributed by atoms with Crippen molar-refractivity contribution in [2.24, 2.45) is 0 Å². The van der Waals surface area contributed by atoms with Crippen molar-refractivity contribution in [3.63, 3.8) is 0 Å². The SMILES string of the molecule is CNCCCNC(=O)C(C)(C)S(=O)(=O)c1ccc(Br)cc1.Cl. The standard InChI is InChI=1S/C14H21BrN2O3S.ClH/c1-14(2,13(18)17-10-4-9-16-3)21(19,20)12-7-5-11(15)6-8-12;/h5-8,16H,4,9-10H2,1-3H3,(H,17,18);1H. The molecular formula is C14H22BrClN2O3S. The monoisotopic (exact) mass is 412 g/mol. The molecule has 0 atom stereocenters. The molecule has 8 heteroatoms. The molecule has 0 aliphatic carbocycles. The highest BCUT2D eigenvalue weighted by molar-refractivity contribution is 9.10. The van der Waals surface area contributed by atoms with Gasteiger partial charge in [-0.3, -0.25) is 4.79 Å². The number of rotatable bonds is 7. The van der Waals surface area contributed by atoms with Gasteiger partial charge in [0.15, 0.2) is 9.84 Å². The lowest BCUT2D eigenvalue weighted by Gasteiger charge is -2.24. The number of halogens is 2. The van der Waals surface area contributed by atoms with E-state index < -0.39 is 20.5 Å². The lowest BCUT2D eigenvalue weighted by Crippen LogP contribution is -2.48. The zero-order valence-corrected chi connectivity index (χ0v) is 16.1. The average molecular weight is 414 g/mol. The van der Waals surface area contributed by atoms with Crippen molar-refractivity contribution in [2.75, 3.05) is 20.1 Å². The normalized spacial score (nSPS) is 11.6. The van der Waals surface area contributed by atoms with Crippen LogP contribution in [0.4, 0.5) is 0 Å². The van der Waals surface area contributed by atoms with Crippen LogP contribution in [0.2, 0.25) is 0 Å². The predicted octanol–water partition coefficient (Wildman–Crippen LogP) is 2.15. The number of nitrogens with one attached hydrogen (secondary N) is 2. The van der Waals surface area contributed by atoms with E-state index in [-0.39, 0.29) is 17.3 Å². The number of carbonyl (C=O) groups excluding carboxylic acids is 1. The van der Waals surface area contributed by atoms with Gasteiger partial charge in [0.1, 0.15) is 4.75 Å². The number of carbonyl (C=O) groups is 1. The maximum Gasteiger partial charge on any atom is 0.241 e. The highest BCUT2D eigenvalue weighted by atomic mass is 79.9. The van der Waals surface area contributed by atoms with Crippen molar-refractivity contribution >= 4 is 44.1 Å². The zero-order chi connectivity index (χ0) is 16.1. The summed E-state index contributed by atoms with van der Waals surface area (Å²) in [5.74, 6) is -0.485. The molecule has 22 heavy (non-hydrogen) atoms. The second-order valence-corrected chi connectivity index (χ2v) is 8.60. The van der Waals surface area contributed by atoms with Gasteiger partial charge in [-0.1, -0.05) is 15.9 Å². The Kier molecular flexibility index (Phi) is 8.61. The second-order valence-electron chi connectivity index (χ2n) is 5.18. The van der Waals surface area contributed by atoms with Crippen LogP contribution in [0, 0.1) is 0 Å². The molecule has 0 saturated carbocycles. The van der Waals surface area contributed by atoms with Crippen molar-refractivity contribution in [1.82, 2.24) is 10.6 Å². The first kappa shape index (κ1) is 21.4. The van der Waals surface area contributed by atoms with E-state index in [1.54, 1.807) is 12.1 Å². The van der Waals surface area contributed by atoms with Crippen LogP contribution < -0.4 is 10.6 Å². The summed E-state index contributed by atoms with van der Waals surface area (Å²) in [4.78, 5) is 12.3. The molecule has 0 aliphatic rings. The molecule has 0 spiro atoms. The molecule has 0 unspecified atom stereocenters. The number of benzene rings is 1.